The summed E-state index contributed by atoms with van der Waals surface area (Å²) in [4.78, 5) is 14.7. The number of nitrogens with zero attached hydrogens (tertiary/aromatic N) is 1. The fraction of sp³-hybridized carbons (Fsp3) is 0.286. The minimum absolute atomic E-state index is 0.341. The van der Waals surface area contributed by atoms with E-state index in [9.17, 15) is 18.0 Å². The molecule has 1 aromatic heterocycles. The Kier molecular flexibility index (Phi) is 4.32. The van der Waals surface area contributed by atoms with Crippen molar-refractivity contribution in [2.75, 3.05) is 5.32 Å². The minimum Gasteiger partial charge on any atom is -0.321 e. The second-order valence-electron chi connectivity index (χ2n) is 4.76. The van der Waals surface area contributed by atoms with Gasteiger partial charge in [-0.3, -0.25) is 4.79 Å². The maximum atomic E-state index is 12.7. The number of benzene rings is 1. The number of hydrogen-bond acceptors (Lipinski definition) is 3. The second kappa shape index (κ2) is 5.85. The van der Waals surface area contributed by atoms with Gasteiger partial charge in [0.05, 0.1) is 5.51 Å². The first-order chi connectivity index (χ1) is 9.79. The van der Waals surface area contributed by atoms with Crippen LogP contribution >= 0.6 is 11.3 Å². The summed E-state index contributed by atoms with van der Waals surface area (Å²) in [7, 11) is 0. The van der Waals surface area contributed by atoms with Gasteiger partial charge in [0.1, 0.15) is 4.88 Å². The molecule has 1 N–H and O–H groups in total. The van der Waals surface area contributed by atoms with Crippen molar-refractivity contribution in [3.8, 4) is 0 Å². The molecule has 0 saturated heterocycles. The van der Waals surface area contributed by atoms with Gasteiger partial charge < -0.3 is 5.32 Å². The quantitative estimate of drug-likeness (QED) is 0.904. The molecule has 21 heavy (non-hydrogen) atoms. The Morgan fingerprint density at radius 3 is 2.38 bits per heavy atom. The van der Waals surface area contributed by atoms with Crippen LogP contribution in [-0.2, 0) is 6.18 Å². The molecular weight excluding hydrogens is 301 g/mol. The number of nitrogens with one attached hydrogen (secondary N) is 1. The summed E-state index contributed by atoms with van der Waals surface area (Å²) >= 11 is 0.669. The van der Waals surface area contributed by atoms with E-state index in [0.717, 1.165) is 11.1 Å². The number of alkyl halides is 3. The zero-order valence-corrected chi connectivity index (χ0v) is 12.2. The highest BCUT2D eigenvalue weighted by Crippen LogP contribution is 2.33. The summed E-state index contributed by atoms with van der Waals surface area (Å²) in [6.07, 6.45) is -4.63. The predicted octanol–water partition coefficient (Wildman–Crippen LogP) is 4.54. The SMILES string of the molecule is CC(C)c1ccc(NC(=O)c2scnc2C(F)(F)F)cc1. The largest absolute Gasteiger partial charge is 0.434 e. The number of carbonyl (C=O) groups is 1. The van der Waals surface area contributed by atoms with Crippen LogP contribution < -0.4 is 5.32 Å². The topological polar surface area (TPSA) is 42.0 Å². The Bertz CT molecular complexity index is 632. The van der Waals surface area contributed by atoms with Crippen LogP contribution in [-0.4, -0.2) is 10.9 Å². The number of rotatable bonds is 3. The van der Waals surface area contributed by atoms with E-state index in [1.54, 1.807) is 12.1 Å². The molecule has 1 heterocycles. The Morgan fingerprint density at radius 1 is 1.24 bits per heavy atom. The Hall–Kier alpha value is -1.89. The van der Waals surface area contributed by atoms with Crippen LogP contribution in [0, 0.1) is 0 Å². The van der Waals surface area contributed by atoms with Gasteiger partial charge in [0, 0.05) is 5.69 Å². The van der Waals surface area contributed by atoms with E-state index in [2.05, 4.69) is 10.3 Å². The number of thiazole rings is 1. The molecule has 0 bridgehead atoms. The van der Waals surface area contributed by atoms with E-state index in [1.807, 2.05) is 26.0 Å². The summed E-state index contributed by atoms with van der Waals surface area (Å²) in [5, 5.41) is 2.45. The van der Waals surface area contributed by atoms with E-state index < -0.39 is 22.7 Å². The molecule has 0 radical (unpaired) electrons. The van der Waals surface area contributed by atoms with Crippen LogP contribution in [0.3, 0.4) is 0 Å². The molecule has 7 heteroatoms. The molecule has 0 aliphatic carbocycles. The lowest BCUT2D eigenvalue weighted by Crippen LogP contribution is -2.17. The average molecular weight is 314 g/mol. The normalized spacial score (nSPS) is 11.7. The highest BCUT2D eigenvalue weighted by Gasteiger charge is 2.38. The number of aromatic nitrogens is 1. The van der Waals surface area contributed by atoms with E-state index in [4.69, 9.17) is 0 Å². The first kappa shape index (κ1) is 15.5. The molecule has 0 fully saturated rings. The lowest BCUT2D eigenvalue weighted by atomic mass is 10.0. The van der Waals surface area contributed by atoms with E-state index in [0.29, 0.717) is 22.9 Å². The number of amides is 1. The van der Waals surface area contributed by atoms with Crippen LogP contribution in [0.5, 0.6) is 0 Å². The van der Waals surface area contributed by atoms with Crippen molar-refractivity contribution in [1.29, 1.82) is 0 Å². The maximum absolute atomic E-state index is 12.7. The van der Waals surface area contributed by atoms with E-state index >= 15 is 0 Å². The summed E-state index contributed by atoms with van der Waals surface area (Å²) in [5.41, 5.74) is 1.40. The molecule has 2 rings (SSSR count). The third kappa shape index (κ3) is 3.60. The van der Waals surface area contributed by atoms with Crippen LogP contribution in [0.25, 0.3) is 0 Å². The molecule has 0 saturated carbocycles. The molecule has 2 aromatic rings. The fourth-order valence-corrected chi connectivity index (χ4v) is 2.45. The number of carbonyl (C=O) groups excluding carboxylic acids is 1. The molecule has 1 aromatic carbocycles. The van der Waals surface area contributed by atoms with Gasteiger partial charge in [-0.15, -0.1) is 11.3 Å². The van der Waals surface area contributed by atoms with Crippen molar-refractivity contribution < 1.29 is 18.0 Å². The zero-order chi connectivity index (χ0) is 15.6. The summed E-state index contributed by atoms with van der Waals surface area (Å²) in [5.74, 6) is -0.463. The molecule has 0 aliphatic heterocycles. The van der Waals surface area contributed by atoms with Gasteiger partial charge in [-0.25, -0.2) is 4.98 Å². The number of anilines is 1. The second-order valence-corrected chi connectivity index (χ2v) is 5.61. The van der Waals surface area contributed by atoms with Crippen molar-refractivity contribution in [2.24, 2.45) is 0 Å². The smallest absolute Gasteiger partial charge is 0.321 e. The van der Waals surface area contributed by atoms with Gasteiger partial charge in [-0.2, -0.15) is 13.2 Å². The Labute approximate surface area is 123 Å². The number of hydrogen-bond donors (Lipinski definition) is 1. The third-order valence-corrected chi connectivity index (χ3v) is 3.70. The highest BCUT2D eigenvalue weighted by atomic mass is 32.1. The first-order valence-corrected chi connectivity index (χ1v) is 7.09. The summed E-state index contributed by atoms with van der Waals surface area (Å²) < 4.78 is 38.1. The molecule has 0 atom stereocenters. The van der Waals surface area contributed by atoms with Crippen LogP contribution in [0.15, 0.2) is 29.8 Å². The van der Waals surface area contributed by atoms with Gasteiger partial charge in [0.2, 0.25) is 0 Å². The molecule has 1 amide bonds. The lowest BCUT2D eigenvalue weighted by Gasteiger charge is -2.09. The monoisotopic (exact) mass is 314 g/mol. The minimum atomic E-state index is -4.63. The summed E-state index contributed by atoms with van der Waals surface area (Å²) in [6, 6.07) is 7.00. The predicted molar refractivity (Wildman–Crippen MR) is 75.6 cm³/mol. The van der Waals surface area contributed by atoms with Gasteiger partial charge in [0.25, 0.3) is 5.91 Å². The molecule has 0 unspecified atom stereocenters. The Morgan fingerprint density at radius 2 is 1.86 bits per heavy atom. The standard InChI is InChI=1S/C14H13F3N2OS/c1-8(2)9-3-5-10(6-4-9)19-13(20)11-12(14(15,16)17)18-7-21-11/h3-8H,1-2H3,(H,19,20). The molecule has 0 spiro atoms. The number of halogens is 3. The Balaban J connectivity index is 2.17. The van der Waals surface area contributed by atoms with Crippen LogP contribution in [0.1, 0.15) is 40.7 Å². The molecule has 0 aliphatic rings. The zero-order valence-electron chi connectivity index (χ0n) is 11.4. The summed E-state index contributed by atoms with van der Waals surface area (Å²) in [6.45, 7) is 4.06. The van der Waals surface area contributed by atoms with Crippen LogP contribution in [0.4, 0.5) is 18.9 Å². The lowest BCUT2D eigenvalue weighted by molar-refractivity contribution is -0.141. The van der Waals surface area contributed by atoms with Crippen molar-refractivity contribution in [1.82, 2.24) is 4.98 Å². The van der Waals surface area contributed by atoms with E-state index in [-0.39, 0.29) is 0 Å². The highest BCUT2D eigenvalue weighted by molar-refractivity contribution is 7.12. The molecule has 112 valence electrons. The molecular formula is C14H13F3N2OS. The van der Waals surface area contributed by atoms with Gasteiger partial charge >= 0.3 is 6.18 Å². The maximum Gasteiger partial charge on any atom is 0.434 e. The fourth-order valence-electron chi connectivity index (χ4n) is 1.75. The van der Waals surface area contributed by atoms with E-state index in [1.165, 1.54) is 0 Å². The average Bonchev–Trinajstić information content (AvgIpc) is 2.88. The first-order valence-electron chi connectivity index (χ1n) is 6.21. The van der Waals surface area contributed by atoms with Gasteiger partial charge in [-0.05, 0) is 23.6 Å². The third-order valence-electron chi connectivity index (χ3n) is 2.88. The van der Waals surface area contributed by atoms with Crippen molar-refractivity contribution in [3.05, 3.63) is 45.9 Å². The molecule has 3 nitrogen and oxygen atoms in total. The van der Waals surface area contributed by atoms with Gasteiger partial charge in [-0.1, -0.05) is 26.0 Å². The van der Waals surface area contributed by atoms with Crippen molar-refractivity contribution >= 4 is 22.9 Å². The van der Waals surface area contributed by atoms with Crippen molar-refractivity contribution in [3.63, 3.8) is 0 Å². The van der Waals surface area contributed by atoms with Crippen molar-refractivity contribution in [2.45, 2.75) is 25.9 Å². The van der Waals surface area contributed by atoms with Gasteiger partial charge in [0.15, 0.2) is 5.69 Å². The van der Waals surface area contributed by atoms with Crippen LogP contribution in [0.2, 0.25) is 0 Å².